The normalized spacial score (nSPS) is 14.8. The van der Waals surface area contributed by atoms with Gasteiger partial charge in [-0.05, 0) is 173 Å². The first-order valence-electron chi connectivity index (χ1n) is 41.7. The molecular formula is C91H146O17P2. The van der Waals surface area contributed by atoms with E-state index >= 15 is 0 Å². The van der Waals surface area contributed by atoms with Gasteiger partial charge in [0.1, 0.15) is 19.3 Å². The van der Waals surface area contributed by atoms with E-state index in [4.69, 9.17) is 37.0 Å². The number of allylic oxidation sites excluding steroid dienone is 32. The van der Waals surface area contributed by atoms with Crippen molar-refractivity contribution < 1.29 is 80.2 Å². The van der Waals surface area contributed by atoms with Crippen LogP contribution in [0, 0.1) is 0 Å². The minimum Gasteiger partial charge on any atom is -0.462 e. The highest BCUT2D eigenvalue weighted by atomic mass is 31.2. The lowest BCUT2D eigenvalue weighted by Gasteiger charge is -2.21. The average molecular weight is 1570 g/mol. The van der Waals surface area contributed by atoms with Gasteiger partial charge in [-0.2, -0.15) is 0 Å². The summed E-state index contributed by atoms with van der Waals surface area (Å²) in [6, 6.07) is 0. The molecule has 0 amide bonds. The van der Waals surface area contributed by atoms with Gasteiger partial charge >= 0.3 is 39.5 Å². The number of aliphatic hydroxyl groups excluding tert-OH is 1. The molecule has 0 fully saturated rings. The molecule has 0 aliphatic rings. The molecule has 0 aromatic carbocycles. The number of phosphoric acid groups is 2. The summed E-state index contributed by atoms with van der Waals surface area (Å²) >= 11 is 0. The fourth-order valence-corrected chi connectivity index (χ4v) is 11.9. The molecule has 110 heavy (non-hydrogen) atoms. The molecule has 3 N–H and O–H groups in total. The van der Waals surface area contributed by atoms with Crippen LogP contribution in [0.1, 0.15) is 297 Å². The summed E-state index contributed by atoms with van der Waals surface area (Å²) in [6.45, 7) is 4.30. The van der Waals surface area contributed by atoms with E-state index in [1.807, 2.05) is 12.2 Å². The molecule has 0 saturated heterocycles. The summed E-state index contributed by atoms with van der Waals surface area (Å²) in [6.07, 6.45) is 99.7. The molecule has 19 heteroatoms. The maximum atomic E-state index is 13.1. The minimum atomic E-state index is -5.01. The van der Waals surface area contributed by atoms with Crippen molar-refractivity contribution in [1.29, 1.82) is 0 Å². The Balaban J connectivity index is 5.50. The molecule has 0 spiro atoms. The number of ether oxygens (including phenoxy) is 4. The first-order valence-corrected chi connectivity index (χ1v) is 44.7. The second-order valence-corrected chi connectivity index (χ2v) is 29.8. The molecule has 0 heterocycles. The zero-order valence-electron chi connectivity index (χ0n) is 68.1. The minimum absolute atomic E-state index is 0.0633. The highest BCUT2D eigenvalue weighted by molar-refractivity contribution is 7.47. The van der Waals surface area contributed by atoms with E-state index in [1.54, 1.807) is 0 Å². The lowest BCUT2D eigenvalue weighted by atomic mass is 10.1. The van der Waals surface area contributed by atoms with Crippen molar-refractivity contribution in [2.24, 2.45) is 0 Å². The van der Waals surface area contributed by atoms with Crippen molar-refractivity contribution in [3.63, 3.8) is 0 Å². The third-order valence-electron chi connectivity index (χ3n) is 16.5. The quantitative estimate of drug-likeness (QED) is 0.0169. The second kappa shape index (κ2) is 80.9. The lowest BCUT2D eigenvalue weighted by molar-refractivity contribution is -0.161. The Morgan fingerprint density at radius 3 is 0.727 bits per heavy atom. The van der Waals surface area contributed by atoms with Crippen molar-refractivity contribution in [3.05, 3.63) is 194 Å². The second-order valence-electron chi connectivity index (χ2n) is 26.9. The van der Waals surface area contributed by atoms with Gasteiger partial charge < -0.3 is 33.8 Å². The van der Waals surface area contributed by atoms with Crippen LogP contribution in [0.4, 0.5) is 0 Å². The molecule has 0 bridgehead atoms. The Kier molecular flexibility index (Phi) is 76.4. The number of phosphoric ester groups is 2. The Morgan fingerprint density at radius 2 is 0.455 bits per heavy atom. The van der Waals surface area contributed by atoms with Gasteiger partial charge in [0.25, 0.3) is 0 Å². The molecular weight excluding hydrogens is 1430 g/mol. The SMILES string of the molecule is CC/C=C\C/C=C\C/C=C\C/C=C\C/C=C\CCCCCC(=O)OCC(COP(=O)(O)OCC(O)COP(=O)(O)OCC(COC(=O)CCC/C=C\C/C=C\C/C=C\C/C=C\C/C=C\CC)OC(=O)CCCCCCCCC/C=C\C/C=C\C/C=C\CC)OC(=O)CCCCCCCCC/C=C\C/C=C\C/C=C\CC. The van der Waals surface area contributed by atoms with Crippen LogP contribution in [0.5, 0.6) is 0 Å². The number of rotatable bonds is 76. The van der Waals surface area contributed by atoms with Gasteiger partial charge in [0, 0.05) is 25.7 Å². The van der Waals surface area contributed by atoms with Crippen molar-refractivity contribution in [2.45, 2.75) is 316 Å². The van der Waals surface area contributed by atoms with Gasteiger partial charge in [-0.1, -0.05) is 293 Å². The largest absolute Gasteiger partial charge is 0.472 e. The van der Waals surface area contributed by atoms with Crippen LogP contribution in [0.25, 0.3) is 0 Å². The van der Waals surface area contributed by atoms with Gasteiger partial charge in [-0.15, -0.1) is 0 Å². The predicted octanol–water partition coefficient (Wildman–Crippen LogP) is 24.9. The average Bonchev–Trinajstić information content (AvgIpc) is 0.906. The van der Waals surface area contributed by atoms with E-state index in [1.165, 1.54) is 0 Å². The smallest absolute Gasteiger partial charge is 0.462 e. The van der Waals surface area contributed by atoms with Crippen molar-refractivity contribution in [2.75, 3.05) is 39.6 Å². The summed E-state index contributed by atoms with van der Waals surface area (Å²) in [7, 11) is -10.0. The maximum Gasteiger partial charge on any atom is 0.472 e. The van der Waals surface area contributed by atoms with E-state index in [9.17, 15) is 43.2 Å². The summed E-state index contributed by atoms with van der Waals surface area (Å²) in [4.78, 5) is 73.2. The monoisotopic (exact) mass is 1570 g/mol. The molecule has 0 aliphatic carbocycles. The number of carbonyl (C=O) groups is 4. The number of aliphatic hydroxyl groups is 1. The van der Waals surface area contributed by atoms with Crippen molar-refractivity contribution in [1.82, 2.24) is 0 Å². The van der Waals surface area contributed by atoms with Gasteiger partial charge in [0.2, 0.25) is 0 Å². The topological polar surface area (TPSA) is 237 Å². The highest BCUT2D eigenvalue weighted by Crippen LogP contribution is 2.45. The molecule has 0 aliphatic heterocycles. The Labute approximate surface area is 666 Å². The molecule has 622 valence electrons. The zero-order valence-corrected chi connectivity index (χ0v) is 69.9. The third kappa shape index (κ3) is 80.0. The zero-order chi connectivity index (χ0) is 80.3. The number of hydrogen-bond donors (Lipinski definition) is 3. The third-order valence-corrected chi connectivity index (χ3v) is 18.4. The molecule has 5 atom stereocenters. The first kappa shape index (κ1) is 104. The van der Waals surface area contributed by atoms with Crippen LogP contribution in [0.3, 0.4) is 0 Å². The van der Waals surface area contributed by atoms with Crippen molar-refractivity contribution >= 4 is 39.5 Å². The molecule has 17 nitrogen and oxygen atoms in total. The number of carbonyl (C=O) groups excluding carboxylic acids is 4. The standard InChI is InChI=1S/C91H146O17P2/c1-5-9-13-17-21-25-29-33-37-41-42-46-48-52-56-60-64-68-72-76-89(94)102-82-87(108-91(96)78-74-70-66-62-58-54-50-45-40-36-32-28-24-20-16-12-8-4)84-106-110(99,100)104-80-85(92)79-103-109(97,98)105-83-86(107-90(95)77-73-69-65-61-57-53-49-44-39-35-31-27-23-19-15-11-7-3)81-101-88(93)75-71-67-63-59-55-51-47-43-38-34-30-26-22-18-14-10-6-2/h9-16,21-28,33-40,42,46-47,51-52,56,59,63,85-87,92H,5-8,17-20,29-32,41,43-45,48-50,53-55,57-58,60-62,64-84H2,1-4H3,(H,97,98)(H,99,100)/b13-9-,14-10-,15-11-,16-12-,25-21-,26-22-,27-23-,28-24-,37-33-,38-34-,39-35-,40-36-,46-42-,51-47-,56-52-,63-59-. The van der Waals surface area contributed by atoms with Gasteiger partial charge in [-0.25, -0.2) is 9.13 Å². The van der Waals surface area contributed by atoms with Crippen molar-refractivity contribution in [3.8, 4) is 0 Å². The van der Waals surface area contributed by atoms with Gasteiger partial charge in [0.05, 0.1) is 26.4 Å². The predicted molar refractivity (Wildman–Crippen MR) is 454 cm³/mol. The first-order chi connectivity index (χ1) is 53.7. The molecule has 0 rings (SSSR count). The fourth-order valence-electron chi connectivity index (χ4n) is 10.4. The number of hydrogen-bond acceptors (Lipinski definition) is 15. The molecule has 0 aromatic rings. The Morgan fingerprint density at radius 1 is 0.255 bits per heavy atom. The van der Waals surface area contributed by atoms with Crippen LogP contribution in [-0.4, -0.2) is 96.7 Å². The van der Waals surface area contributed by atoms with Gasteiger partial charge in [0.15, 0.2) is 12.2 Å². The summed E-state index contributed by atoms with van der Waals surface area (Å²) < 4.78 is 68.7. The van der Waals surface area contributed by atoms with Crippen LogP contribution in [0.2, 0.25) is 0 Å². The van der Waals surface area contributed by atoms with Gasteiger partial charge in [-0.3, -0.25) is 37.3 Å². The summed E-state index contributed by atoms with van der Waals surface area (Å²) in [5.74, 6) is -2.31. The van der Waals surface area contributed by atoms with Crippen LogP contribution in [0.15, 0.2) is 194 Å². The molecule has 0 saturated carbocycles. The van der Waals surface area contributed by atoms with Crippen LogP contribution < -0.4 is 0 Å². The molecule has 5 unspecified atom stereocenters. The maximum absolute atomic E-state index is 13.1. The molecule has 0 radical (unpaired) electrons. The highest BCUT2D eigenvalue weighted by Gasteiger charge is 2.30. The summed E-state index contributed by atoms with van der Waals surface area (Å²) in [5, 5.41) is 10.7. The Hall–Kier alpha value is -6.10. The van der Waals surface area contributed by atoms with E-state index in [0.29, 0.717) is 32.1 Å². The fraction of sp³-hybridized carbons (Fsp3) is 0.604. The van der Waals surface area contributed by atoms with Crippen LogP contribution >= 0.6 is 15.6 Å². The van der Waals surface area contributed by atoms with E-state index in [0.717, 1.165) is 212 Å². The van der Waals surface area contributed by atoms with E-state index in [-0.39, 0.29) is 25.7 Å². The number of esters is 4. The van der Waals surface area contributed by atoms with Crippen LogP contribution in [-0.2, 0) is 65.4 Å². The lowest BCUT2D eigenvalue weighted by Crippen LogP contribution is -2.30. The summed E-state index contributed by atoms with van der Waals surface area (Å²) in [5.41, 5.74) is 0. The van der Waals surface area contributed by atoms with E-state index < -0.39 is 97.5 Å². The van der Waals surface area contributed by atoms with E-state index in [2.05, 4.69) is 210 Å². The molecule has 0 aromatic heterocycles. The Bertz CT molecular complexity index is 2850. The number of unbranched alkanes of at least 4 members (excludes halogenated alkanes) is 18.